The monoisotopic (exact) mass is 250 g/mol. The largest absolute Gasteiger partial charge is 0.317 e. The smallest absolute Gasteiger partial charge is 0.129 e. The van der Waals surface area contributed by atoms with Crippen molar-refractivity contribution in [3.63, 3.8) is 0 Å². The van der Waals surface area contributed by atoms with Crippen molar-refractivity contribution >= 4 is 0 Å². The van der Waals surface area contributed by atoms with E-state index >= 15 is 0 Å². The second-order valence-corrected chi connectivity index (χ2v) is 5.30. The fourth-order valence-corrected chi connectivity index (χ4v) is 2.62. The van der Waals surface area contributed by atoms with E-state index in [-0.39, 0.29) is 5.82 Å². The molecule has 100 valence electrons. The van der Waals surface area contributed by atoms with Crippen molar-refractivity contribution in [2.24, 2.45) is 0 Å². The molecule has 0 radical (unpaired) electrons. The van der Waals surface area contributed by atoms with E-state index in [9.17, 15) is 4.39 Å². The number of halogens is 1. The summed E-state index contributed by atoms with van der Waals surface area (Å²) in [5, 5.41) is 7.00. The first-order valence-electron chi connectivity index (χ1n) is 6.86. The van der Waals surface area contributed by atoms with Gasteiger partial charge >= 0.3 is 0 Å². The van der Waals surface area contributed by atoms with Gasteiger partial charge in [0.2, 0.25) is 0 Å². The third-order valence-electron chi connectivity index (χ3n) is 3.67. The maximum atomic E-state index is 13.5. The van der Waals surface area contributed by atoms with Crippen LogP contribution in [-0.4, -0.2) is 19.1 Å². The van der Waals surface area contributed by atoms with E-state index in [1.54, 1.807) is 0 Å². The molecule has 1 aromatic carbocycles. The molecule has 0 aliphatic carbocycles. The van der Waals surface area contributed by atoms with E-state index in [4.69, 9.17) is 0 Å². The lowest BCUT2D eigenvalue weighted by Gasteiger charge is -2.16. The van der Waals surface area contributed by atoms with E-state index in [0.29, 0.717) is 6.04 Å². The van der Waals surface area contributed by atoms with Gasteiger partial charge < -0.3 is 10.6 Å². The third-order valence-corrected chi connectivity index (χ3v) is 3.67. The molecule has 1 heterocycles. The van der Waals surface area contributed by atoms with Crippen LogP contribution in [0.3, 0.4) is 0 Å². The Bertz CT molecular complexity index is 372. The summed E-state index contributed by atoms with van der Waals surface area (Å²) in [4.78, 5) is 0. The summed E-state index contributed by atoms with van der Waals surface area (Å²) in [5.41, 5.74) is 2.67. The molecule has 18 heavy (non-hydrogen) atoms. The first-order valence-corrected chi connectivity index (χ1v) is 6.86. The highest BCUT2D eigenvalue weighted by Crippen LogP contribution is 2.15. The number of aryl methyl sites for hydroxylation is 2. The third kappa shape index (κ3) is 3.53. The van der Waals surface area contributed by atoms with Gasteiger partial charge in [0.25, 0.3) is 0 Å². The molecule has 2 N–H and O–H groups in total. The lowest BCUT2D eigenvalue weighted by atomic mass is 10.0. The highest BCUT2D eigenvalue weighted by atomic mass is 19.1. The van der Waals surface area contributed by atoms with Crippen LogP contribution >= 0.6 is 0 Å². The fourth-order valence-electron chi connectivity index (χ4n) is 2.62. The average Bonchev–Trinajstić information content (AvgIpc) is 2.61. The van der Waals surface area contributed by atoms with Crippen LogP contribution in [0.15, 0.2) is 12.1 Å². The van der Waals surface area contributed by atoms with Crippen molar-refractivity contribution < 1.29 is 4.39 Å². The Hall–Kier alpha value is -0.930. The lowest BCUT2D eigenvalue weighted by Crippen LogP contribution is -2.29. The van der Waals surface area contributed by atoms with Gasteiger partial charge in [-0.05, 0) is 62.9 Å². The average molecular weight is 250 g/mol. The van der Waals surface area contributed by atoms with Gasteiger partial charge in [-0.2, -0.15) is 0 Å². The van der Waals surface area contributed by atoms with Crippen LogP contribution < -0.4 is 10.6 Å². The second kappa shape index (κ2) is 6.30. The van der Waals surface area contributed by atoms with Crippen LogP contribution in [0, 0.1) is 19.7 Å². The van der Waals surface area contributed by atoms with Crippen molar-refractivity contribution in [3.05, 3.63) is 34.6 Å². The first kappa shape index (κ1) is 13.5. The topological polar surface area (TPSA) is 24.1 Å². The summed E-state index contributed by atoms with van der Waals surface area (Å²) in [6.07, 6.45) is 3.64. The second-order valence-electron chi connectivity index (χ2n) is 5.30. The van der Waals surface area contributed by atoms with Crippen LogP contribution in [0.5, 0.6) is 0 Å². The number of rotatable bonds is 3. The van der Waals surface area contributed by atoms with E-state index in [2.05, 4.69) is 10.6 Å². The van der Waals surface area contributed by atoms with Crippen LogP contribution in [-0.2, 0) is 6.54 Å². The first-order chi connectivity index (χ1) is 8.66. The molecule has 0 saturated carbocycles. The van der Waals surface area contributed by atoms with E-state index < -0.39 is 0 Å². The van der Waals surface area contributed by atoms with E-state index in [0.717, 1.165) is 30.8 Å². The molecule has 3 heteroatoms. The van der Waals surface area contributed by atoms with Crippen molar-refractivity contribution in [2.45, 2.75) is 45.7 Å². The molecule has 0 spiro atoms. The zero-order valence-corrected chi connectivity index (χ0v) is 11.4. The van der Waals surface area contributed by atoms with Gasteiger partial charge in [-0.25, -0.2) is 4.39 Å². The molecular weight excluding hydrogens is 227 g/mol. The fraction of sp³-hybridized carbons (Fsp3) is 0.600. The number of nitrogens with one attached hydrogen (secondary N) is 2. The maximum absolute atomic E-state index is 13.5. The van der Waals surface area contributed by atoms with Crippen molar-refractivity contribution in [1.82, 2.24) is 10.6 Å². The van der Waals surface area contributed by atoms with Crippen molar-refractivity contribution in [3.8, 4) is 0 Å². The zero-order chi connectivity index (χ0) is 13.0. The number of hydrogen-bond acceptors (Lipinski definition) is 2. The highest BCUT2D eigenvalue weighted by Gasteiger charge is 2.11. The summed E-state index contributed by atoms with van der Waals surface area (Å²) >= 11 is 0. The molecule has 1 unspecified atom stereocenters. The van der Waals surface area contributed by atoms with Gasteiger partial charge in [-0.15, -0.1) is 0 Å². The molecule has 1 fully saturated rings. The number of benzene rings is 1. The molecule has 0 aromatic heterocycles. The van der Waals surface area contributed by atoms with Crippen molar-refractivity contribution in [1.29, 1.82) is 0 Å². The molecule has 0 bridgehead atoms. The summed E-state index contributed by atoms with van der Waals surface area (Å²) in [5.74, 6) is -0.0718. The van der Waals surface area contributed by atoms with Gasteiger partial charge in [-0.3, -0.25) is 0 Å². The molecule has 2 nitrogen and oxygen atoms in total. The van der Waals surface area contributed by atoms with Crippen LogP contribution in [0.1, 0.15) is 36.0 Å². The number of hydrogen-bond donors (Lipinski definition) is 2. The lowest BCUT2D eigenvalue weighted by molar-refractivity contribution is 0.468. The van der Waals surface area contributed by atoms with Crippen molar-refractivity contribution in [2.75, 3.05) is 13.1 Å². The van der Waals surface area contributed by atoms with Gasteiger partial charge in [0.1, 0.15) is 5.82 Å². The molecule has 2 rings (SSSR count). The van der Waals surface area contributed by atoms with Crippen LogP contribution in [0.2, 0.25) is 0 Å². The molecule has 1 aliphatic rings. The van der Waals surface area contributed by atoms with Gasteiger partial charge in [0.05, 0.1) is 0 Å². The van der Waals surface area contributed by atoms with Crippen LogP contribution in [0.4, 0.5) is 4.39 Å². The Morgan fingerprint density at radius 1 is 1.22 bits per heavy atom. The molecule has 1 aromatic rings. The molecule has 1 aliphatic heterocycles. The summed E-state index contributed by atoms with van der Waals surface area (Å²) < 4.78 is 13.5. The maximum Gasteiger partial charge on any atom is 0.129 e. The Kier molecular flexibility index (Phi) is 4.72. The minimum Gasteiger partial charge on any atom is -0.317 e. The SMILES string of the molecule is Cc1cc(CNC2CCCNCC2)cc(C)c1F. The Labute approximate surface area is 109 Å². The summed E-state index contributed by atoms with van der Waals surface area (Å²) in [6, 6.07) is 4.49. The van der Waals surface area contributed by atoms with Gasteiger partial charge in [0, 0.05) is 12.6 Å². The molecule has 1 atom stereocenters. The quantitative estimate of drug-likeness (QED) is 0.862. The Morgan fingerprint density at radius 3 is 2.67 bits per heavy atom. The highest BCUT2D eigenvalue weighted by molar-refractivity contribution is 5.30. The Balaban J connectivity index is 1.93. The minimum absolute atomic E-state index is 0.0718. The van der Waals surface area contributed by atoms with Crippen LogP contribution in [0.25, 0.3) is 0 Å². The normalized spacial score (nSPS) is 20.7. The molecule has 1 saturated heterocycles. The predicted octanol–water partition coefficient (Wildman–Crippen LogP) is 2.67. The zero-order valence-electron chi connectivity index (χ0n) is 11.4. The predicted molar refractivity (Wildman–Crippen MR) is 73.2 cm³/mol. The minimum atomic E-state index is -0.0718. The van der Waals surface area contributed by atoms with Gasteiger partial charge in [-0.1, -0.05) is 12.1 Å². The van der Waals surface area contributed by atoms with E-state index in [1.165, 1.54) is 24.8 Å². The van der Waals surface area contributed by atoms with E-state index in [1.807, 2.05) is 26.0 Å². The summed E-state index contributed by atoms with van der Waals surface area (Å²) in [6.45, 7) is 6.74. The van der Waals surface area contributed by atoms with Gasteiger partial charge in [0.15, 0.2) is 0 Å². The summed E-state index contributed by atoms with van der Waals surface area (Å²) in [7, 11) is 0. The Morgan fingerprint density at radius 2 is 1.94 bits per heavy atom. The molecular formula is C15H23FN2. The standard InChI is InChI=1S/C15H23FN2/c1-11-8-13(9-12(2)15(11)16)10-18-14-4-3-6-17-7-5-14/h8-9,14,17-18H,3-7,10H2,1-2H3. The molecule has 0 amide bonds.